The zero-order chi connectivity index (χ0) is 24.3. The second kappa shape index (κ2) is 9.89. The van der Waals surface area contributed by atoms with Crippen LogP contribution in [-0.2, 0) is 30.5 Å². The van der Waals surface area contributed by atoms with E-state index in [2.05, 4.69) is 0 Å². The summed E-state index contributed by atoms with van der Waals surface area (Å²) in [4.78, 5) is 23.5. The van der Waals surface area contributed by atoms with Gasteiger partial charge in [-0.2, -0.15) is 22.7 Å². The molecule has 13 heteroatoms. The Balaban J connectivity index is 2.03. The van der Waals surface area contributed by atoms with E-state index in [1.54, 1.807) is 6.07 Å². The number of halogens is 4. The van der Waals surface area contributed by atoms with Crippen molar-refractivity contribution in [1.82, 2.24) is 4.31 Å². The van der Waals surface area contributed by atoms with E-state index < -0.39 is 56.0 Å². The average Bonchev–Trinajstić information content (AvgIpc) is 2.71. The third-order valence-electron chi connectivity index (χ3n) is 4.80. The SMILES string of the molecule is C/C(N)=C(/C#N)C(=O)COC(=O)C1CCN(S(=O)(=O)c2ccc(Cl)c(C(F)(F)F)c2)CC1. The summed E-state index contributed by atoms with van der Waals surface area (Å²) in [5, 5.41) is 8.26. The van der Waals surface area contributed by atoms with Crippen LogP contribution in [0.15, 0.2) is 34.4 Å². The minimum Gasteiger partial charge on any atom is -0.457 e. The maximum atomic E-state index is 13.0. The number of rotatable bonds is 6. The molecule has 2 rings (SSSR count). The van der Waals surface area contributed by atoms with Crippen LogP contribution in [-0.4, -0.2) is 44.2 Å². The van der Waals surface area contributed by atoms with E-state index in [1.807, 2.05) is 0 Å². The van der Waals surface area contributed by atoms with E-state index in [4.69, 9.17) is 27.3 Å². The van der Waals surface area contributed by atoms with Gasteiger partial charge in [0.2, 0.25) is 15.8 Å². The zero-order valence-corrected chi connectivity index (χ0v) is 18.4. The molecule has 1 aliphatic rings. The highest BCUT2D eigenvalue weighted by Crippen LogP contribution is 2.36. The Morgan fingerprint density at radius 3 is 2.41 bits per heavy atom. The molecule has 32 heavy (non-hydrogen) atoms. The van der Waals surface area contributed by atoms with Crippen molar-refractivity contribution in [2.75, 3.05) is 19.7 Å². The summed E-state index contributed by atoms with van der Waals surface area (Å²) in [5.41, 5.74) is 3.81. The summed E-state index contributed by atoms with van der Waals surface area (Å²) in [5.74, 6) is -2.21. The number of carbonyl (C=O) groups is 2. The molecule has 0 aliphatic carbocycles. The highest BCUT2D eigenvalue weighted by Gasteiger charge is 2.37. The van der Waals surface area contributed by atoms with Gasteiger partial charge in [0, 0.05) is 18.8 Å². The third kappa shape index (κ3) is 5.79. The Morgan fingerprint density at radius 1 is 1.31 bits per heavy atom. The normalized spacial score (nSPS) is 16.8. The van der Waals surface area contributed by atoms with Crippen LogP contribution in [0.4, 0.5) is 13.2 Å². The molecule has 174 valence electrons. The van der Waals surface area contributed by atoms with Gasteiger partial charge in [0.1, 0.15) is 11.6 Å². The molecular formula is C19H19ClF3N3O5S. The van der Waals surface area contributed by atoms with Crippen LogP contribution in [0, 0.1) is 17.2 Å². The number of nitriles is 1. The average molecular weight is 494 g/mol. The fraction of sp³-hybridized carbons (Fsp3) is 0.421. The number of carbonyl (C=O) groups excluding carboxylic acids is 2. The van der Waals surface area contributed by atoms with Gasteiger partial charge < -0.3 is 10.5 Å². The number of nitrogens with two attached hydrogens (primary N) is 1. The van der Waals surface area contributed by atoms with Crippen LogP contribution in [0.25, 0.3) is 0 Å². The van der Waals surface area contributed by atoms with E-state index in [1.165, 1.54) is 6.92 Å². The molecule has 0 unspecified atom stereocenters. The standard InChI is InChI=1S/C19H19ClF3N3O5S/c1-11(25)14(9-24)17(27)10-31-18(28)12-4-6-26(7-5-12)32(29,30)13-2-3-16(20)15(8-13)19(21,22)23/h2-3,8,12H,4-7,10,25H2,1H3/b14-11+. The minimum absolute atomic E-state index is 0.0112. The first-order chi connectivity index (χ1) is 14.8. The zero-order valence-electron chi connectivity index (χ0n) is 16.8. The molecule has 0 saturated carbocycles. The van der Waals surface area contributed by atoms with Gasteiger partial charge in [-0.1, -0.05) is 11.6 Å². The first kappa shape index (κ1) is 25.6. The largest absolute Gasteiger partial charge is 0.457 e. The first-order valence-corrected chi connectivity index (χ1v) is 11.0. The number of alkyl halides is 3. The maximum Gasteiger partial charge on any atom is 0.417 e. The van der Waals surface area contributed by atoms with E-state index in [9.17, 15) is 31.2 Å². The number of Topliss-reactive ketones (excluding diaryl/α,β-unsaturated/α-hetero) is 1. The fourth-order valence-corrected chi connectivity index (χ4v) is 4.78. The summed E-state index contributed by atoms with van der Waals surface area (Å²) in [6, 6.07) is 3.95. The summed E-state index contributed by atoms with van der Waals surface area (Å²) in [6.45, 7) is 0.406. The number of hydrogen-bond acceptors (Lipinski definition) is 7. The van der Waals surface area contributed by atoms with Gasteiger partial charge in [-0.3, -0.25) is 9.59 Å². The van der Waals surface area contributed by atoms with Crippen molar-refractivity contribution in [2.45, 2.75) is 30.8 Å². The van der Waals surface area contributed by atoms with Crippen LogP contribution < -0.4 is 5.73 Å². The third-order valence-corrected chi connectivity index (χ3v) is 7.02. The van der Waals surface area contributed by atoms with E-state index in [-0.39, 0.29) is 37.2 Å². The van der Waals surface area contributed by atoms with E-state index in [0.717, 1.165) is 16.4 Å². The highest BCUT2D eigenvalue weighted by molar-refractivity contribution is 7.89. The lowest BCUT2D eigenvalue weighted by Crippen LogP contribution is -2.40. The summed E-state index contributed by atoms with van der Waals surface area (Å²) < 4.78 is 70.5. The second-order valence-corrected chi connectivity index (χ2v) is 9.36. The quantitative estimate of drug-likeness (QED) is 0.366. The number of sulfonamides is 1. The number of benzene rings is 1. The Bertz CT molecular complexity index is 1080. The Labute approximate surface area is 187 Å². The number of nitrogens with zero attached hydrogens (tertiary/aromatic N) is 2. The van der Waals surface area contributed by atoms with E-state index >= 15 is 0 Å². The molecular weight excluding hydrogens is 475 g/mol. The number of piperidine rings is 1. The Kier molecular flexibility index (Phi) is 7.92. The van der Waals surface area contributed by atoms with Gasteiger partial charge in [0.25, 0.3) is 0 Å². The lowest BCUT2D eigenvalue weighted by atomic mass is 9.98. The van der Waals surface area contributed by atoms with Gasteiger partial charge in [0.05, 0.1) is 21.4 Å². The van der Waals surface area contributed by atoms with Gasteiger partial charge in [-0.05, 0) is 38.0 Å². The van der Waals surface area contributed by atoms with Crippen LogP contribution in [0.2, 0.25) is 5.02 Å². The minimum atomic E-state index is -4.82. The van der Waals surface area contributed by atoms with Gasteiger partial charge >= 0.3 is 12.1 Å². The monoisotopic (exact) mass is 493 g/mol. The summed E-state index contributed by atoms with van der Waals surface area (Å²) in [6.07, 6.45) is -4.73. The molecule has 0 amide bonds. The van der Waals surface area contributed by atoms with E-state index in [0.29, 0.717) is 6.07 Å². The molecule has 1 fully saturated rings. The predicted molar refractivity (Wildman–Crippen MR) is 106 cm³/mol. The number of esters is 1. The lowest BCUT2D eigenvalue weighted by Gasteiger charge is -2.30. The van der Waals surface area contributed by atoms with Gasteiger partial charge in [-0.15, -0.1) is 0 Å². The lowest BCUT2D eigenvalue weighted by molar-refractivity contribution is -0.152. The molecule has 0 radical (unpaired) electrons. The molecule has 8 nitrogen and oxygen atoms in total. The number of allylic oxidation sites excluding steroid dienone is 1. The number of ether oxygens (including phenoxy) is 1. The molecule has 1 aromatic carbocycles. The summed E-state index contributed by atoms with van der Waals surface area (Å²) in [7, 11) is -4.25. The van der Waals surface area contributed by atoms with Gasteiger partial charge in [0.15, 0.2) is 6.61 Å². The van der Waals surface area contributed by atoms with Crippen molar-refractivity contribution in [1.29, 1.82) is 5.26 Å². The molecule has 1 saturated heterocycles. The molecule has 0 atom stereocenters. The topological polar surface area (TPSA) is 131 Å². The molecule has 1 heterocycles. The fourth-order valence-electron chi connectivity index (χ4n) is 3.06. The Hall–Kier alpha value is -2.62. The van der Waals surface area contributed by atoms with Crippen molar-refractivity contribution in [3.05, 3.63) is 40.1 Å². The summed E-state index contributed by atoms with van der Waals surface area (Å²) >= 11 is 5.54. The van der Waals surface area contributed by atoms with Crippen LogP contribution in [0.5, 0.6) is 0 Å². The van der Waals surface area contributed by atoms with Crippen molar-refractivity contribution in [2.24, 2.45) is 11.7 Å². The second-order valence-electron chi connectivity index (χ2n) is 7.02. The van der Waals surface area contributed by atoms with Crippen molar-refractivity contribution in [3.8, 4) is 6.07 Å². The Morgan fingerprint density at radius 2 is 1.91 bits per heavy atom. The number of ketones is 1. The van der Waals surface area contributed by atoms with Crippen molar-refractivity contribution >= 4 is 33.4 Å². The van der Waals surface area contributed by atoms with Crippen LogP contribution in [0.1, 0.15) is 25.3 Å². The molecule has 0 spiro atoms. The van der Waals surface area contributed by atoms with Crippen molar-refractivity contribution < 1.29 is 35.9 Å². The molecule has 2 N–H and O–H groups in total. The van der Waals surface area contributed by atoms with Crippen LogP contribution in [0.3, 0.4) is 0 Å². The smallest absolute Gasteiger partial charge is 0.417 e. The van der Waals surface area contributed by atoms with Gasteiger partial charge in [-0.25, -0.2) is 8.42 Å². The molecule has 0 bridgehead atoms. The molecule has 0 aromatic heterocycles. The number of hydrogen-bond donors (Lipinski definition) is 1. The predicted octanol–water partition coefficient (Wildman–Crippen LogP) is 2.63. The highest BCUT2D eigenvalue weighted by atomic mass is 35.5. The molecule has 1 aromatic rings. The van der Waals surface area contributed by atoms with Crippen molar-refractivity contribution in [3.63, 3.8) is 0 Å². The molecule has 1 aliphatic heterocycles. The first-order valence-electron chi connectivity index (χ1n) is 9.22. The van der Waals surface area contributed by atoms with Crippen LogP contribution >= 0.6 is 11.6 Å². The maximum absolute atomic E-state index is 13.0.